The minimum absolute atomic E-state index is 0.0728. The molecule has 0 aliphatic carbocycles. The minimum Gasteiger partial charge on any atom is -0.435 e. The molecule has 0 saturated carbocycles. The van der Waals surface area contributed by atoms with Gasteiger partial charge < -0.3 is 14.2 Å². The van der Waals surface area contributed by atoms with Crippen molar-refractivity contribution in [2.24, 2.45) is 0 Å². The first-order valence-electron chi connectivity index (χ1n) is 4.92. The Bertz CT molecular complexity index is 241. The Hall–Kier alpha value is -1.13. The van der Waals surface area contributed by atoms with E-state index in [1.165, 1.54) is 0 Å². The fourth-order valence-electron chi connectivity index (χ4n) is 1.30. The largest absolute Gasteiger partial charge is 0.435 e. The minimum atomic E-state index is -0.453. The van der Waals surface area contributed by atoms with Crippen molar-refractivity contribution >= 4 is 5.97 Å². The van der Waals surface area contributed by atoms with Crippen LogP contribution in [0.1, 0.15) is 12.8 Å². The van der Waals surface area contributed by atoms with Crippen LogP contribution >= 0.6 is 0 Å². The summed E-state index contributed by atoms with van der Waals surface area (Å²) in [6.45, 7) is 8.11. The van der Waals surface area contributed by atoms with Crippen molar-refractivity contribution in [2.75, 3.05) is 20.0 Å². The van der Waals surface area contributed by atoms with Crippen LogP contribution in [0.3, 0.4) is 0 Å². The van der Waals surface area contributed by atoms with Gasteiger partial charge in [0.25, 0.3) is 0 Å². The van der Waals surface area contributed by atoms with Gasteiger partial charge in [0.2, 0.25) is 0 Å². The van der Waals surface area contributed by atoms with E-state index in [1.807, 2.05) is 0 Å². The summed E-state index contributed by atoms with van der Waals surface area (Å²) in [6.07, 6.45) is 3.20. The van der Waals surface area contributed by atoms with E-state index in [9.17, 15) is 4.79 Å². The van der Waals surface area contributed by atoms with E-state index in [0.29, 0.717) is 18.8 Å². The molecule has 1 fully saturated rings. The molecule has 1 unspecified atom stereocenters. The monoisotopic (exact) mass is 212 g/mol. The van der Waals surface area contributed by atoms with Crippen molar-refractivity contribution in [3.63, 3.8) is 0 Å². The highest BCUT2D eigenvalue weighted by Crippen LogP contribution is 2.19. The van der Waals surface area contributed by atoms with Gasteiger partial charge in [-0.1, -0.05) is 12.7 Å². The third-order valence-corrected chi connectivity index (χ3v) is 2.09. The van der Waals surface area contributed by atoms with E-state index < -0.39 is 5.97 Å². The Morgan fingerprint density at radius 1 is 1.60 bits per heavy atom. The fourth-order valence-corrected chi connectivity index (χ4v) is 1.30. The van der Waals surface area contributed by atoms with Crippen LogP contribution in [-0.4, -0.2) is 32.1 Å². The Morgan fingerprint density at radius 3 is 3.00 bits per heavy atom. The van der Waals surface area contributed by atoms with Gasteiger partial charge in [-0.05, 0) is 12.8 Å². The average molecular weight is 212 g/mol. The summed E-state index contributed by atoms with van der Waals surface area (Å²) in [5, 5.41) is 0. The Kier molecular flexibility index (Phi) is 5.07. The second kappa shape index (κ2) is 6.37. The van der Waals surface area contributed by atoms with Crippen molar-refractivity contribution in [1.82, 2.24) is 0 Å². The molecule has 4 nitrogen and oxygen atoms in total. The fraction of sp³-hybridized carbons (Fsp3) is 0.545. The van der Waals surface area contributed by atoms with E-state index >= 15 is 0 Å². The number of hydrogen-bond acceptors (Lipinski definition) is 4. The molecule has 0 radical (unpaired) electrons. The molecule has 0 aromatic rings. The molecule has 1 saturated heterocycles. The third-order valence-electron chi connectivity index (χ3n) is 2.09. The molecule has 1 aliphatic rings. The molecule has 1 atom stereocenters. The lowest BCUT2D eigenvalue weighted by molar-refractivity contribution is -0.151. The molecule has 0 amide bonds. The van der Waals surface area contributed by atoms with Crippen LogP contribution in [0.25, 0.3) is 0 Å². The van der Waals surface area contributed by atoms with Gasteiger partial charge in [0, 0.05) is 6.61 Å². The van der Waals surface area contributed by atoms with E-state index in [1.54, 1.807) is 6.08 Å². The molecular formula is C11H16O4. The zero-order valence-electron chi connectivity index (χ0n) is 8.74. The van der Waals surface area contributed by atoms with E-state index in [4.69, 9.17) is 14.2 Å². The predicted molar refractivity (Wildman–Crippen MR) is 55.2 cm³/mol. The van der Waals surface area contributed by atoms with E-state index in [0.717, 1.165) is 12.8 Å². The summed E-state index contributed by atoms with van der Waals surface area (Å²) >= 11 is 0. The molecular weight excluding hydrogens is 196 g/mol. The topological polar surface area (TPSA) is 44.8 Å². The summed E-state index contributed by atoms with van der Waals surface area (Å²) < 4.78 is 15.1. The van der Waals surface area contributed by atoms with Crippen LogP contribution in [0.4, 0.5) is 0 Å². The molecule has 1 heterocycles. The summed E-state index contributed by atoms with van der Waals surface area (Å²) in [7, 11) is 0. The van der Waals surface area contributed by atoms with Crippen LogP contribution in [0, 0.1) is 0 Å². The summed E-state index contributed by atoms with van der Waals surface area (Å²) in [6, 6.07) is 0. The Labute approximate surface area is 89.5 Å². The maximum absolute atomic E-state index is 11.4. The zero-order valence-corrected chi connectivity index (χ0v) is 8.74. The van der Waals surface area contributed by atoms with Crippen molar-refractivity contribution in [3.8, 4) is 0 Å². The van der Waals surface area contributed by atoms with Crippen LogP contribution in [0.15, 0.2) is 24.8 Å². The second-order valence-corrected chi connectivity index (χ2v) is 3.24. The van der Waals surface area contributed by atoms with Gasteiger partial charge >= 0.3 is 5.97 Å². The zero-order chi connectivity index (χ0) is 11.1. The molecule has 0 bridgehead atoms. The normalized spacial score (nSPS) is 19.9. The third kappa shape index (κ3) is 3.85. The molecule has 1 rings (SSSR count). The lowest BCUT2D eigenvalue weighted by Gasteiger charge is -2.11. The number of carbonyl (C=O) groups is 1. The molecule has 4 heteroatoms. The molecule has 15 heavy (non-hydrogen) atoms. The maximum atomic E-state index is 11.4. The van der Waals surface area contributed by atoms with Gasteiger partial charge in [-0.15, -0.1) is 6.58 Å². The quantitative estimate of drug-likeness (QED) is 0.220. The molecule has 0 spiro atoms. The molecule has 84 valence electrons. The summed E-state index contributed by atoms with van der Waals surface area (Å²) in [5.41, 5.74) is 0.370. The highest BCUT2D eigenvalue weighted by molar-refractivity contribution is 5.88. The number of ether oxygens (including phenoxy) is 3. The number of carbonyl (C=O) groups excluding carboxylic acids is 1. The molecule has 1 aliphatic heterocycles. The maximum Gasteiger partial charge on any atom is 0.338 e. The second-order valence-electron chi connectivity index (χ2n) is 3.24. The first-order chi connectivity index (χ1) is 7.25. The van der Waals surface area contributed by atoms with Crippen LogP contribution < -0.4 is 0 Å². The highest BCUT2D eigenvalue weighted by atomic mass is 16.7. The first-order valence-corrected chi connectivity index (χ1v) is 4.92. The summed E-state index contributed by atoms with van der Waals surface area (Å²) in [5.74, 6) is -0.453. The van der Waals surface area contributed by atoms with Gasteiger partial charge in [-0.25, -0.2) is 4.79 Å². The molecule has 0 aromatic heterocycles. The van der Waals surface area contributed by atoms with Crippen molar-refractivity contribution in [3.05, 3.63) is 24.8 Å². The molecule has 0 N–H and O–H groups in total. The van der Waals surface area contributed by atoms with E-state index in [2.05, 4.69) is 13.2 Å². The van der Waals surface area contributed by atoms with Crippen molar-refractivity contribution < 1.29 is 19.0 Å². The van der Waals surface area contributed by atoms with Gasteiger partial charge in [0.15, 0.2) is 6.79 Å². The van der Waals surface area contributed by atoms with Gasteiger partial charge in [-0.2, -0.15) is 0 Å². The van der Waals surface area contributed by atoms with Gasteiger partial charge in [-0.3, -0.25) is 0 Å². The van der Waals surface area contributed by atoms with Crippen LogP contribution in [-0.2, 0) is 19.0 Å². The van der Waals surface area contributed by atoms with Crippen molar-refractivity contribution in [1.29, 1.82) is 0 Å². The average Bonchev–Trinajstić information content (AvgIpc) is 2.76. The lowest BCUT2D eigenvalue weighted by atomic mass is 10.1. The number of hydrogen-bond donors (Lipinski definition) is 0. The Morgan fingerprint density at radius 2 is 2.40 bits per heavy atom. The van der Waals surface area contributed by atoms with E-state index in [-0.39, 0.29) is 12.9 Å². The molecule has 0 aromatic carbocycles. The SMILES string of the molecule is C=CCOCOC(=O)C(=C)C1CCCO1. The predicted octanol–water partition coefficient (Wildman–Crippen LogP) is 1.42. The smallest absolute Gasteiger partial charge is 0.338 e. The standard InChI is InChI=1S/C11H16O4/c1-3-6-13-8-15-11(12)9(2)10-5-4-7-14-10/h3,10H,1-2,4-8H2. The summed E-state index contributed by atoms with van der Waals surface area (Å²) in [4.78, 5) is 11.4. The van der Waals surface area contributed by atoms with Gasteiger partial charge in [0.05, 0.1) is 18.3 Å². The van der Waals surface area contributed by atoms with Gasteiger partial charge in [0.1, 0.15) is 0 Å². The van der Waals surface area contributed by atoms with Crippen molar-refractivity contribution in [2.45, 2.75) is 18.9 Å². The Balaban J connectivity index is 2.20. The number of rotatable bonds is 6. The van der Waals surface area contributed by atoms with Crippen LogP contribution in [0.5, 0.6) is 0 Å². The number of esters is 1. The van der Waals surface area contributed by atoms with Crippen LogP contribution in [0.2, 0.25) is 0 Å². The first kappa shape index (κ1) is 11.9. The lowest BCUT2D eigenvalue weighted by Crippen LogP contribution is -2.19. The highest BCUT2D eigenvalue weighted by Gasteiger charge is 2.24.